The van der Waals surface area contributed by atoms with Crippen LogP contribution in [-0.2, 0) is 10.8 Å². The minimum absolute atomic E-state index is 0.112. The molecule has 55 heavy (non-hydrogen) atoms. The molecule has 0 bridgehead atoms. The van der Waals surface area contributed by atoms with E-state index in [1.54, 1.807) is 0 Å². The summed E-state index contributed by atoms with van der Waals surface area (Å²) in [5.74, 6) is 3.28. The molecule has 4 aliphatic carbocycles. The Morgan fingerprint density at radius 2 is 1.22 bits per heavy atom. The van der Waals surface area contributed by atoms with E-state index in [1.165, 1.54) is 55.6 Å². The van der Waals surface area contributed by atoms with E-state index in [0.29, 0.717) is 17.4 Å². The highest BCUT2D eigenvalue weighted by Gasteiger charge is 2.56. The van der Waals surface area contributed by atoms with Gasteiger partial charge in [-0.05, 0) is 105 Å². The molecule has 0 fully saturated rings. The number of ether oxygens (including phenoxy) is 2. The number of hydrogen-bond donors (Lipinski definition) is 0. The first-order valence-corrected chi connectivity index (χ1v) is 19.4. The standard InChI is InChI=1S/C52H37NO2/c1-51(2)40-20-10-6-16-35(40)38-26-24-33(30-45(38)51)53(32-14-4-3-5-15-32)34-25-28-46-48(31-34)55-50-47(54-46)29-27-44-49(50)39-19-9-13-23-43(39)52(44)41-21-11-7-17-36(41)37-18-8-12-22-42(37)52/h3-17,19-31,37H,18H2,1-2H3. The summed E-state index contributed by atoms with van der Waals surface area (Å²) in [4.78, 5) is 2.33. The third-order valence-electron chi connectivity index (χ3n) is 12.9. The van der Waals surface area contributed by atoms with Crippen molar-refractivity contribution in [2.75, 3.05) is 4.90 Å². The van der Waals surface area contributed by atoms with Gasteiger partial charge in [-0.1, -0.05) is 135 Å². The topological polar surface area (TPSA) is 21.7 Å². The first-order chi connectivity index (χ1) is 27.0. The van der Waals surface area contributed by atoms with Crippen molar-refractivity contribution in [1.82, 2.24) is 0 Å². The van der Waals surface area contributed by atoms with Crippen molar-refractivity contribution < 1.29 is 9.47 Å². The van der Waals surface area contributed by atoms with Gasteiger partial charge in [0.1, 0.15) is 0 Å². The van der Waals surface area contributed by atoms with Crippen LogP contribution in [0, 0.1) is 0 Å². The van der Waals surface area contributed by atoms with Gasteiger partial charge < -0.3 is 14.4 Å². The fraction of sp³-hybridized carbons (Fsp3) is 0.115. The van der Waals surface area contributed by atoms with E-state index >= 15 is 0 Å². The van der Waals surface area contributed by atoms with Crippen LogP contribution in [0.4, 0.5) is 17.1 Å². The number of hydrogen-bond acceptors (Lipinski definition) is 3. The molecule has 2 unspecified atom stereocenters. The number of benzene rings is 7. The molecule has 0 saturated heterocycles. The minimum Gasteiger partial charge on any atom is -0.449 e. The quantitative estimate of drug-likeness (QED) is 0.182. The lowest BCUT2D eigenvalue weighted by Crippen LogP contribution is -2.27. The maximum absolute atomic E-state index is 7.13. The van der Waals surface area contributed by atoms with Gasteiger partial charge in [0.15, 0.2) is 23.0 Å². The van der Waals surface area contributed by atoms with E-state index in [4.69, 9.17) is 9.47 Å². The molecule has 0 amide bonds. The molecule has 3 nitrogen and oxygen atoms in total. The molecular formula is C52H37NO2. The summed E-state index contributed by atoms with van der Waals surface area (Å²) < 4.78 is 13.9. The highest BCUT2D eigenvalue weighted by atomic mass is 16.6. The molecule has 12 rings (SSSR count). The van der Waals surface area contributed by atoms with Crippen LogP contribution in [-0.4, -0.2) is 0 Å². The van der Waals surface area contributed by atoms with E-state index < -0.39 is 0 Å². The normalized spacial score (nSPS) is 19.4. The molecule has 1 heterocycles. The van der Waals surface area contributed by atoms with Gasteiger partial charge in [-0.15, -0.1) is 0 Å². The summed E-state index contributed by atoms with van der Waals surface area (Å²) in [6, 6.07) is 55.1. The Bertz CT molecular complexity index is 2840. The first-order valence-electron chi connectivity index (χ1n) is 19.4. The van der Waals surface area contributed by atoms with Crippen LogP contribution in [0.15, 0.2) is 175 Å². The predicted octanol–water partition coefficient (Wildman–Crippen LogP) is 13.7. The van der Waals surface area contributed by atoms with Gasteiger partial charge in [-0.25, -0.2) is 0 Å². The Morgan fingerprint density at radius 3 is 2.09 bits per heavy atom. The molecule has 3 heteroatoms. The molecule has 7 aromatic carbocycles. The van der Waals surface area contributed by atoms with Crippen LogP contribution in [0.5, 0.6) is 23.0 Å². The predicted molar refractivity (Wildman–Crippen MR) is 222 cm³/mol. The molecule has 0 radical (unpaired) electrons. The van der Waals surface area contributed by atoms with Crippen molar-refractivity contribution in [1.29, 1.82) is 0 Å². The maximum atomic E-state index is 7.13. The smallest absolute Gasteiger partial charge is 0.178 e. The van der Waals surface area contributed by atoms with Crippen LogP contribution in [0.2, 0.25) is 0 Å². The number of nitrogens with zero attached hydrogens (tertiary/aromatic N) is 1. The van der Waals surface area contributed by atoms with Crippen molar-refractivity contribution in [3.63, 3.8) is 0 Å². The van der Waals surface area contributed by atoms with Gasteiger partial charge in [-0.2, -0.15) is 0 Å². The summed E-state index contributed by atoms with van der Waals surface area (Å²) in [6.45, 7) is 4.67. The first kappa shape index (κ1) is 30.8. The molecule has 7 aromatic rings. The summed E-state index contributed by atoms with van der Waals surface area (Å²) in [5, 5.41) is 0. The van der Waals surface area contributed by atoms with E-state index in [0.717, 1.165) is 40.5 Å². The van der Waals surface area contributed by atoms with E-state index in [-0.39, 0.29) is 10.8 Å². The van der Waals surface area contributed by atoms with E-state index in [9.17, 15) is 0 Å². The van der Waals surface area contributed by atoms with Gasteiger partial charge in [0.05, 0.1) is 11.1 Å². The number of para-hydroxylation sites is 1. The molecular weight excluding hydrogens is 671 g/mol. The average molecular weight is 708 g/mol. The van der Waals surface area contributed by atoms with Crippen LogP contribution >= 0.6 is 0 Å². The average Bonchev–Trinajstić information content (AvgIpc) is 3.79. The fourth-order valence-electron chi connectivity index (χ4n) is 10.6. The Balaban J connectivity index is 1.01. The number of rotatable bonds is 3. The monoisotopic (exact) mass is 707 g/mol. The van der Waals surface area contributed by atoms with Gasteiger partial charge >= 0.3 is 0 Å². The van der Waals surface area contributed by atoms with Gasteiger partial charge in [0.25, 0.3) is 0 Å². The third-order valence-corrected chi connectivity index (χ3v) is 12.9. The van der Waals surface area contributed by atoms with Crippen molar-refractivity contribution >= 4 is 17.1 Å². The van der Waals surface area contributed by atoms with Crippen molar-refractivity contribution in [3.8, 4) is 45.3 Å². The second-order valence-corrected chi connectivity index (χ2v) is 15.9. The molecule has 1 aliphatic heterocycles. The van der Waals surface area contributed by atoms with Crippen molar-refractivity contribution in [2.45, 2.75) is 37.0 Å². The summed E-state index contributed by atoms with van der Waals surface area (Å²) >= 11 is 0. The Labute approximate surface area is 321 Å². The zero-order valence-electron chi connectivity index (χ0n) is 30.7. The second-order valence-electron chi connectivity index (χ2n) is 15.9. The van der Waals surface area contributed by atoms with Gasteiger partial charge in [0, 0.05) is 34.3 Å². The fourth-order valence-corrected chi connectivity index (χ4v) is 10.6. The van der Waals surface area contributed by atoms with Crippen LogP contribution in [0.1, 0.15) is 59.6 Å². The maximum Gasteiger partial charge on any atom is 0.178 e. The SMILES string of the molecule is CC1(C)c2ccccc2-c2ccc(N(c3ccccc3)c3ccc4c(c3)Oc3c(ccc5c3-c3ccccc3C53C5=CC=CCC5c5ccccc53)O4)cc21. The van der Waals surface area contributed by atoms with E-state index in [2.05, 4.69) is 189 Å². The zero-order chi connectivity index (χ0) is 36.5. The molecule has 2 atom stereocenters. The number of fused-ring (bicyclic) bond motifs is 16. The van der Waals surface area contributed by atoms with E-state index in [1.807, 2.05) is 0 Å². The molecule has 0 aromatic heterocycles. The highest BCUT2D eigenvalue weighted by molar-refractivity contribution is 5.94. The molecule has 5 aliphatic rings. The van der Waals surface area contributed by atoms with Gasteiger partial charge in [-0.3, -0.25) is 0 Å². The Kier molecular flexibility index (Phi) is 6.16. The molecule has 1 spiro atoms. The van der Waals surface area contributed by atoms with Crippen molar-refractivity contribution in [2.24, 2.45) is 0 Å². The Hall–Kier alpha value is -6.58. The third kappa shape index (κ3) is 4.00. The lowest BCUT2D eigenvalue weighted by molar-refractivity contribution is 0.360. The second kappa shape index (κ2) is 11.0. The largest absolute Gasteiger partial charge is 0.449 e. The van der Waals surface area contributed by atoms with Crippen LogP contribution in [0.25, 0.3) is 22.3 Å². The molecule has 0 saturated carbocycles. The Morgan fingerprint density at radius 1 is 0.527 bits per heavy atom. The molecule has 262 valence electrons. The summed E-state index contributed by atoms with van der Waals surface area (Å²) in [5.41, 5.74) is 17.2. The number of allylic oxidation sites excluding steroid dienone is 4. The highest BCUT2D eigenvalue weighted by Crippen LogP contribution is 2.68. The molecule has 0 N–H and O–H groups in total. The summed E-state index contributed by atoms with van der Waals surface area (Å²) in [7, 11) is 0. The zero-order valence-corrected chi connectivity index (χ0v) is 30.7. The van der Waals surface area contributed by atoms with Crippen molar-refractivity contribution in [3.05, 3.63) is 209 Å². The van der Waals surface area contributed by atoms with Crippen LogP contribution in [0.3, 0.4) is 0 Å². The number of anilines is 3. The van der Waals surface area contributed by atoms with Gasteiger partial charge in [0.2, 0.25) is 0 Å². The summed E-state index contributed by atoms with van der Waals surface area (Å²) in [6.07, 6.45) is 7.94. The lowest BCUT2D eigenvalue weighted by Gasteiger charge is -2.33. The lowest BCUT2D eigenvalue weighted by atomic mass is 9.69. The minimum atomic E-state index is -0.385. The van der Waals surface area contributed by atoms with Crippen LogP contribution < -0.4 is 14.4 Å².